The smallest absolute Gasteiger partial charge is 0.322 e. The molecule has 1 heterocycles. The van der Waals surface area contributed by atoms with Gasteiger partial charge < -0.3 is 4.18 Å². The van der Waals surface area contributed by atoms with E-state index in [-0.39, 0.29) is 0 Å². The van der Waals surface area contributed by atoms with E-state index >= 15 is 0 Å². The molecule has 0 aliphatic rings. The third-order valence-corrected chi connectivity index (χ3v) is 1.08. The van der Waals surface area contributed by atoms with Crippen LogP contribution in [0.1, 0.15) is 0 Å². The summed E-state index contributed by atoms with van der Waals surface area (Å²) in [6.07, 6.45) is 2.57. The van der Waals surface area contributed by atoms with Crippen molar-refractivity contribution in [1.82, 2.24) is 9.97 Å². The third-order valence-electron chi connectivity index (χ3n) is 0.722. The Bertz CT molecular complexity index is 321. The van der Waals surface area contributed by atoms with Crippen molar-refractivity contribution >= 4 is 10.4 Å². The van der Waals surface area contributed by atoms with Crippen LogP contribution in [-0.2, 0) is 10.4 Å². The van der Waals surface area contributed by atoms with Gasteiger partial charge in [0.2, 0.25) is 0 Å². The summed E-state index contributed by atoms with van der Waals surface area (Å²) < 4.78 is 32.2. The van der Waals surface area contributed by atoms with Crippen molar-refractivity contribution in [3.8, 4) is 6.01 Å². The largest absolute Gasteiger partial charge is 0.449 e. The van der Waals surface area contributed by atoms with Crippen LogP contribution in [0.15, 0.2) is 18.5 Å². The lowest BCUT2D eigenvalue weighted by molar-refractivity contribution is 0.374. The quantitative estimate of drug-likeness (QED) is 0.620. The standard InChI is InChI=1S/C4H4N2O4S/c7-11(8,9)10-4-5-2-1-3-6-4/h1-3H,(H,7,8,9). The maximum atomic E-state index is 10.1. The second-order valence-corrected chi connectivity index (χ2v) is 2.56. The lowest BCUT2D eigenvalue weighted by atomic mass is 10.7. The summed E-state index contributed by atoms with van der Waals surface area (Å²) in [4.78, 5) is 6.78. The van der Waals surface area contributed by atoms with Crippen LogP contribution in [0, 0.1) is 0 Å². The van der Waals surface area contributed by atoms with E-state index < -0.39 is 16.4 Å². The van der Waals surface area contributed by atoms with Crippen molar-refractivity contribution in [2.24, 2.45) is 0 Å². The Balaban J connectivity index is 2.82. The first-order chi connectivity index (χ1) is 5.08. The van der Waals surface area contributed by atoms with E-state index in [1.165, 1.54) is 18.5 Å². The van der Waals surface area contributed by atoms with Crippen LogP contribution in [0.2, 0.25) is 0 Å². The number of nitrogens with zero attached hydrogens (tertiary/aromatic N) is 2. The highest BCUT2D eigenvalue weighted by molar-refractivity contribution is 7.81. The van der Waals surface area contributed by atoms with Crippen LogP contribution < -0.4 is 4.18 Å². The van der Waals surface area contributed by atoms with E-state index in [1.54, 1.807) is 0 Å². The first kappa shape index (κ1) is 7.89. The van der Waals surface area contributed by atoms with E-state index in [1.807, 2.05) is 0 Å². The van der Waals surface area contributed by atoms with Crippen molar-refractivity contribution in [2.75, 3.05) is 0 Å². The number of rotatable bonds is 2. The summed E-state index contributed by atoms with van der Waals surface area (Å²) >= 11 is 0. The zero-order valence-corrected chi connectivity index (χ0v) is 6.02. The molecule has 0 unspecified atom stereocenters. The SMILES string of the molecule is O=S(=O)(O)Oc1ncccn1. The lowest BCUT2D eigenvalue weighted by Gasteiger charge is -1.95. The van der Waals surface area contributed by atoms with Gasteiger partial charge in [-0.2, -0.15) is 8.42 Å². The zero-order chi connectivity index (χ0) is 8.32. The van der Waals surface area contributed by atoms with E-state index in [9.17, 15) is 8.42 Å². The third kappa shape index (κ3) is 2.92. The van der Waals surface area contributed by atoms with Crippen LogP contribution in [0.3, 0.4) is 0 Å². The molecule has 0 aliphatic heterocycles. The predicted octanol–water partition coefficient (Wildman–Crippen LogP) is -0.342. The summed E-state index contributed by atoms with van der Waals surface area (Å²) in [5, 5.41) is 0. The molecule has 0 aromatic carbocycles. The van der Waals surface area contributed by atoms with E-state index in [4.69, 9.17) is 4.55 Å². The summed E-state index contributed by atoms with van der Waals surface area (Å²) in [6.45, 7) is 0. The van der Waals surface area contributed by atoms with Gasteiger partial charge in [-0.25, -0.2) is 9.97 Å². The Hall–Kier alpha value is -1.21. The minimum absolute atomic E-state index is 0.407. The summed E-state index contributed by atoms with van der Waals surface area (Å²) in [5.41, 5.74) is 0. The summed E-state index contributed by atoms with van der Waals surface area (Å²) in [6, 6.07) is 1.08. The fourth-order valence-electron chi connectivity index (χ4n) is 0.423. The fourth-order valence-corrected chi connectivity index (χ4v) is 0.697. The Kier molecular flexibility index (Phi) is 2.01. The Labute approximate surface area is 62.8 Å². The van der Waals surface area contributed by atoms with Gasteiger partial charge in [-0.3, -0.25) is 4.55 Å². The van der Waals surface area contributed by atoms with Crippen molar-refractivity contribution in [1.29, 1.82) is 0 Å². The van der Waals surface area contributed by atoms with Gasteiger partial charge in [0, 0.05) is 12.4 Å². The molecule has 6 nitrogen and oxygen atoms in total. The van der Waals surface area contributed by atoms with Gasteiger partial charge in [-0.15, -0.1) is 0 Å². The van der Waals surface area contributed by atoms with Gasteiger partial charge >= 0.3 is 16.4 Å². The minimum atomic E-state index is -4.50. The molecular weight excluding hydrogens is 172 g/mol. The molecule has 1 N–H and O–H groups in total. The molecule has 0 saturated heterocycles. The van der Waals surface area contributed by atoms with E-state index in [2.05, 4.69) is 14.2 Å². The van der Waals surface area contributed by atoms with Gasteiger partial charge in [0.1, 0.15) is 0 Å². The van der Waals surface area contributed by atoms with Crippen molar-refractivity contribution in [3.05, 3.63) is 18.5 Å². The Morgan fingerprint density at radius 2 is 1.91 bits per heavy atom. The first-order valence-electron chi connectivity index (χ1n) is 2.52. The second-order valence-electron chi connectivity index (χ2n) is 1.54. The molecule has 0 aliphatic carbocycles. The van der Waals surface area contributed by atoms with Crippen LogP contribution in [-0.4, -0.2) is 22.9 Å². The molecule has 0 bridgehead atoms. The van der Waals surface area contributed by atoms with Crippen molar-refractivity contribution in [2.45, 2.75) is 0 Å². The van der Waals surface area contributed by atoms with E-state index in [0.29, 0.717) is 0 Å². The molecular formula is C4H4N2O4S. The van der Waals surface area contributed by atoms with E-state index in [0.717, 1.165) is 0 Å². The predicted molar refractivity (Wildman–Crippen MR) is 34.2 cm³/mol. The average molecular weight is 176 g/mol. The number of hydrogen-bond acceptors (Lipinski definition) is 5. The molecule has 1 aromatic heterocycles. The number of aromatic nitrogens is 2. The summed E-state index contributed by atoms with van der Waals surface area (Å²) in [7, 11) is -4.50. The first-order valence-corrected chi connectivity index (χ1v) is 3.88. The van der Waals surface area contributed by atoms with Crippen molar-refractivity contribution in [3.63, 3.8) is 0 Å². The lowest BCUT2D eigenvalue weighted by Crippen LogP contribution is -2.08. The highest BCUT2D eigenvalue weighted by Gasteiger charge is 2.07. The van der Waals surface area contributed by atoms with Gasteiger partial charge in [0.05, 0.1) is 0 Å². The normalized spacial score (nSPS) is 11.0. The number of hydrogen-bond donors (Lipinski definition) is 1. The molecule has 7 heteroatoms. The molecule has 0 amide bonds. The topological polar surface area (TPSA) is 89.4 Å². The molecule has 0 atom stereocenters. The highest BCUT2D eigenvalue weighted by atomic mass is 32.3. The second kappa shape index (κ2) is 2.81. The van der Waals surface area contributed by atoms with Gasteiger partial charge in [-0.1, -0.05) is 0 Å². The highest BCUT2D eigenvalue weighted by Crippen LogP contribution is 1.99. The molecule has 0 radical (unpaired) electrons. The molecule has 0 fully saturated rings. The molecule has 1 rings (SSSR count). The van der Waals surface area contributed by atoms with Gasteiger partial charge in [0.25, 0.3) is 0 Å². The van der Waals surface area contributed by atoms with Gasteiger partial charge in [0.15, 0.2) is 0 Å². The maximum Gasteiger partial charge on any atom is 0.449 e. The van der Waals surface area contributed by atoms with Crippen LogP contribution in [0.5, 0.6) is 6.01 Å². The molecule has 1 aromatic rings. The monoisotopic (exact) mass is 176 g/mol. The molecule has 60 valence electrons. The fraction of sp³-hybridized carbons (Fsp3) is 0. The van der Waals surface area contributed by atoms with Gasteiger partial charge in [-0.05, 0) is 6.07 Å². The zero-order valence-electron chi connectivity index (χ0n) is 5.21. The maximum absolute atomic E-state index is 10.1. The average Bonchev–Trinajstić information content (AvgIpc) is 1.85. The molecule has 0 spiro atoms. The minimum Gasteiger partial charge on any atom is -0.322 e. The Morgan fingerprint density at radius 1 is 1.36 bits per heavy atom. The van der Waals surface area contributed by atoms with Crippen LogP contribution in [0.4, 0.5) is 0 Å². The molecule has 0 saturated carbocycles. The van der Waals surface area contributed by atoms with Crippen LogP contribution in [0.25, 0.3) is 0 Å². The summed E-state index contributed by atoms with van der Waals surface area (Å²) in [5.74, 6) is 0. The Morgan fingerprint density at radius 3 is 2.36 bits per heavy atom. The van der Waals surface area contributed by atoms with Crippen molar-refractivity contribution < 1.29 is 17.2 Å². The molecule has 11 heavy (non-hydrogen) atoms. The van der Waals surface area contributed by atoms with Crippen LogP contribution >= 0.6 is 0 Å².